The summed E-state index contributed by atoms with van der Waals surface area (Å²) in [5.74, 6) is 2.21. The van der Waals surface area contributed by atoms with E-state index in [1.165, 1.54) is 64.2 Å². The third kappa shape index (κ3) is 3.72. The molecule has 1 heterocycles. The molecule has 0 aromatic carbocycles. The van der Waals surface area contributed by atoms with Crippen LogP contribution in [0.3, 0.4) is 0 Å². The number of amides is 1. The maximum absolute atomic E-state index is 13.2. The average molecular weight is 305 g/mol. The molecule has 1 amide bonds. The molecule has 3 aliphatic rings. The van der Waals surface area contributed by atoms with Crippen molar-refractivity contribution in [2.24, 2.45) is 17.8 Å². The largest absolute Gasteiger partial charge is 0.342 e. The Morgan fingerprint density at radius 2 is 1.27 bits per heavy atom. The summed E-state index contributed by atoms with van der Waals surface area (Å²) < 4.78 is 0. The number of ketones is 1. The summed E-state index contributed by atoms with van der Waals surface area (Å²) in [5, 5.41) is 0. The lowest BCUT2D eigenvalue weighted by Crippen LogP contribution is -2.46. The van der Waals surface area contributed by atoms with Crippen LogP contribution in [0.15, 0.2) is 0 Å². The summed E-state index contributed by atoms with van der Waals surface area (Å²) in [5.41, 5.74) is 0. The van der Waals surface area contributed by atoms with E-state index in [4.69, 9.17) is 0 Å². The smallest absolute Gasteiger partial charge is 0.226 e. The molecular formula is C19H31NO2. The highest BCUT2D eigenvalue weighted by Crippen LogP contribution is 2.41. The summed E-state index contributed by atoms with van der Waals surface area (Å²) in [6.07, 6.45) is 14.1. The highest BCUT2D eigenvalue weighted by molar-refractivity contribution is 5.84. The average Bonchev–Trinajstić information content (AvgIpc) is 2.57. The number of hydrogen-bond donors (Lipinski definition) is 0. The molecule has 0 atom stereocenters. The van der Waals surface area contributed by atoms with E-state index in [0.717, 1.165) is 0 Å². The van der Waals surface area contributed by atoms with Crippen molar-refractivity contribution in [3.8, 4) is 0 Å². The van der Waals surface area contributed by atoms with Gasteiger partial charge in [-0.15, -0.1) is 0 Å². The Kier molecular flexibility index (Phi) is 5.54. The fraction of sp³-hybridized carbons (Fsp3) is 0.895. The summed E-state index contributed by atoms with van der Waals surface area (Å²) >= 11 is 0. The number of rotatable bonds is 3. The van der Waals surface area contributed by atoms with Crippen LogP contribution in [0.25, 0.3) is 0 Å². The molecule has 3 heteroatoms. The zero-order valence-corrected chi connectivity index (χ0v) is 13.9. The molecule has 3 nitrogen and oxygen atoms in total. The van der Waals surface area contributed by atoms with Crippen molar-refractivity contribution in [2.75, 3.05) is 13.1 Å². The fourth-order valence-corrected chi connectivity index (χ4v) is 4.96. The zero-order chi connectivity index (χ0) is 15.4. The molecule has 0 N–H and O–H groups in total. The number of nitrogens with zero attached hydrogens (tertiary/aromatic N) is 1. The van der Waals surface area contributed by atoms with Gasteiger partial charge in [0, 0.05) is 31.8 Å². The topological polar surface area (TPSA) is 37.4 Å². The number of Topliss-reactive ketones (excluding diaryl/α,β-unsaturated/α-hetero) is 1. The molecule has 0 radical (unpaired) electrons. The van der Waals surface area contributed by atoms with Crippen LogP contribution in [0, 0.1) is 17.8 Å². The number of carbonyl (C=O) groups excluding carboxylic acids is 2. The highest BCUT2D eigenvalue weighted by Gasteiger charge is 2.39. The molecule has 3 rings (SSSR count). The molecule has 2 saturated carbocycles. The van der Waals surface area contributed by atoms with Crippen molar-refractivity contribution in [3.63, 3.8) is 0 Å². The van der Waals surface area contributed by atoms with E-state index in [1.54, 1.807) is 0 Å². The van der Waals surface area contributed by atoms with E-state index in [0.29, 0.717) is 49.5 Å². The zero-order valence-electron chi connectivity index (χ0n) is 13.9. The lowest BCUT2D eigenvalue weighted by Gasteiger charge is -2.40. The van der Waals surface area contributed by atoms with Gasteiger partial charge in [0.25, 0.3) is 0 Å². The fourth-order valence-electron chi connectivity index (χ4n) is 4.96. The highest BCUT2D eigenvalue weighted by atomic mass is 16.2. The molecule has 0 bridgehead atoms. The second-order valence-corrected chi connectivity index (χ2v) is 7.69. The minimum absolute atomic E-state index is 0.258. The Morgan fingerprint density at radius 1 is 0.818 bits per heavy atom. The van der Waals surface area contributed by atoms with Gasteiger partial charge in [0.05, 0.1) is 0 Å². The van der Waals surface area contributed by atoms with Crippen LogP contribution in [0.4, 0.5) is 0 Å². The maximum Gasteiger partial charge on any atom is 0.226 e. The van der Waals surface area contributed by atoms with Crippen LogP contribution >= 0.6 is 0 Å². The van der Waals surface area contributed by atoms with E-state index in [2.05, 4.69) is 0 Å². The third-order valence-electron chi connectivity index (χ3n) is 6.23. The predicted octanol–water partition coefficient (Wildman–Crippen LogP) is 3.95. The van der Waals surface area contributed by atoms with E-state index >= 15 is 0 Å². The van der Waals surface area contributed by atoms with Crippen LogP contribution in [0.5, 0.6) is 0 Å². The lowest BCUT2D eigenvalue weighted by molar-refractivity contribution is -0.143. The second-order valence-electron chi connectivity index (χ2n) is 7.69. The molecule has 1 saturated heterocycles. The van der Waals surface area contributed by atoms with Gasteiger partial charge in [-0.25, -0.2) is 0 Å². The third-order valence-corrected chi connectivity index (χ3v) is 6.23. The molecule has 0 spiro atoms. The van der Waals surface area contributed by atoms with Gasteiger partial charge in [-0.1, -0.05) is 38.5 Å². The Balaban J connectivity index is 1.71. The van der Waals surface area contributed by atoms with Crippen molar-refractivity contribution < 1.29 is 9.59 Å². The molecule has 124 valence electrons. The van der Waals surface area contributed by atoms with Gasteiger partial charge in [0.2, 0.25) is 5.91 Å². The van der Waals surface area contributed by atoms with Crippen molar-refractivity contribution in [2.45, 2.75) is 77.0 Å². The van der Waals surface area contributed by atoms with Gasteiger partial charge in [-0.2, -0.15) is 0 Å². The Hall–Kier alpha value is -0.860. The van der Waals surface area contributed by atoms with Crippen LogP contribution in [-0.2, 0) is 9.59 Å². The molecule has 22 heavy (non-hydrogen) atoms. The summed E-state index contributed by atoms with van der Waals surface area (Å²) in [7, 11) is 0. The predicted molar refractivity (Wildman–Crippen MR) is 87.5 cm³/mol. The molecule has 0 aromatic rings. The minimum Gasteiger partial charge on any atom is -0.342 e. The standard InChI is InChI=1S/C19H31NO2/c21-17-11-13-20(14-12-17)19(22)18(15-7-3-1-4-8-15)16-9-5-2-6-10-16/h15-16,18H,1-14H2. The summed E-state index contributed by atoms with van der Waals surface area (Å²) in [6, 6.07) is 0. The van der Waals surface area contributed by atoms with E-state index < -0.39 is 0 Å². The van der Waals surface area contributed by atoms with Gasteiger partial charge in [0.1, 0.15) is 5.78 Å². The van der Waals surface area contributed by atoms with Crippen molar-refractivity contribution in [3.05, 3.63) is 0 Å². The maximum atomic E-state index is 13.2. The summed E-state index contributed by atoms with van der Waals surface area (Å²) in [6.45, 7) is 1.35. The van der Waals surface area contributed by atoms with Crippen LogP contribution < -0.4 is 0 Å². The Labute approximate surface area is 134 Å². The van der Waals surface area contributed by atoms with Crippen LogP contribution in [-0.4, -0.2) is 29.7 Å². The van der Waals surface area contributed by atoms with Gasteiger partial charge in [0.15, 0.2) is 0 Å². The quantitative estimate of drug-likeness (QED) is 0.791. The monoisotopic (exact) mass is 305 g/mol. The van der Waals surface area contributed by atoms with Gasteiger partial charge in [-0.05, 0) is 37.5 Å². The first-order chi connectivity index (χ1) is 10.8. The SMILES string of the molecule is O=C1CCN(C(=O)C(C2CCCCC2)C2CCCCC2)CC1. The lowest BCUT2D eigenvalue weighted by atomic mass is 9.69. The van der Waals surface area contributed by atoms with E-state index in [9.17, 15) is 9.59 Å². The first-order valence-electron chi connectivity index (χ1n) is 9.56. The molecule has 1 aliphatic heterocycles. The normalized spacial score (nSPS) is 25.7. The molecule has 2 aliphatic carbocycles. The van der Waals surface area contributed by atoms with Gasteiger partial charge < -0.3 is 4.90 Å². The first kappa shape index (κ1) is 16.0. The first-order valence-corrected chi connectivity index (χ1v) is 9.56. The molecule has 0 aromatic heterocycles. The van der Waals surface area contributed by atoms with E-state index in [-0.39, 0.29) is 5.92 Å². The molecular weight excluding hydrogens is 274 g/mol. The molecule has 0 unspecified atom stereocenters. The number of hydrogen-bond acceptors (Lipinski definition) is 2. The Bertz CT molecular complexity index is 366. The molecule has 3 fully saturated rings. The Morgan fingerprint density at radius 3 is 1.73 bits per heavy atom. The van der Waals surface area contributed by atoms with Crippen molar-refractivity contribution in [1.29, 1.82) is 0 Å². The van der Waals surface area contributed by atoms with Crippen molar-refractivity contribution in [1.82, 2.24) is 4.90 Å². The summed E-state index contributed by atoms with van der Waals surface area (Å²) in [4.78, 5) is 26.7. The van der Waals surface area contributed by atoms with E-state index in [1.807, 2.05) is 4.90 Å². The minimum atomic E-state index is 0.258. The number of piperidine rings is 1. The van der Waals surface area contributed by atoms with Crippen LogP contribution in [0.1, 0.15) is 77.0 Å². The second kappa shape index (κ2) is 7.61. The van der Waals surface area contributed by atoms with Gasteiger partial charge in [-0.3, -0.25) is 9.59 Å². The number of likely N-dealkylation sites (tertiary alicyclic amines) is 1. The van der Waals surface area contributed by atoms with Gasteiger partial charge >= 0.3 is 0 Å². The van der Waals surface area contributed by atoms with Crippen LogP contribution in [0.2, 0.25) is 0 Å². The number of carbonyl (C=O) groups is 2. The van der Waals surface area contributed by atoms with Crippen molar-refractivity contribution >= 4 is 11.7 Å².